The molecule has 0 aliphatic carbocycles. The Hall–Kier alpha value is -2.26. The molecule has 0 saturated heterocycles. The molecule has 0 spiro atoms. The Morgan fingerprint density at radius 1 is 1.12 bits per heavy atom. The normalized spacial score (nSPS) is 14.2. The highest BCUT2D eigenvalue weighted by Gasteiger charge is 2.23. The second-order valence-electron chi connectivity index (χ2n) is 6.03. The Kier molecular flexibility index (Phi) is 7.53. The van der Waals surface area contributed by atoms with E-state index < -0.39 is 23.4 Å². The maximum atomic E-state index is 11.6. The van der Waals surface area contributed by atoms with E-state index in [1.54, 1.807) is 20.8 Å². The number of rotatable bonds is 9. The number of hydroxylamine groups is 1. The average molecular weight is 341 g/mol. The van der Waals surface area contributed by atoms with Crippen molar-refractivity contribution < 1.29 is 28.8 Å². The molecule has 0 radical (unpaired) electrons. The molecule has 9 nitrogen and oxygen atoms in total. The van der Waals surface area contributed by atoms with Gasteiger partial charge in [0.15, 0.2) is 6.61 Å². The van der Waals surface area contributed by atoms with Crippen LogP contribution in [0.25, 0.3) is 0 Å². The Labute approximate surface area is 140 Å². The van der Waals surface area contributed by atoms with Crippen LogP contribution in [-0.2, 0) is 28.8 Å². The first-order valence-electron chi connectivity index (χ1n) is 7.56. The first kappa shape index (κ1) is 19.8. The van der Waals surface area contributed by atoms with Gasteiger partial charge in [0.25, 0.3) is 11.8 Å². The van der Waals surface area contributed by atoms with Crippen molar-refractivity contribution in [1.82, 2.24) is 15.7 Å². The number of imide groups is 1. The fourth-order valence-electron chi connectivity index (χ4n) is 1.76. The minimum absolute atomic E-state index is 0.0257. The van der Waals surface area contributed by atoms with E-state index in [2.05, 4.69) is 10.8 Å². The van der Waals surface area contributed by atoms with Gasteiger partial charge in [0.1, 0.15) is 5.60 Å². The number of ether oxygens (including phenoxy) is 1. The number of hydrogen-bond donors (Lipinski definition) is 2. The van der Waals surface area contributed by atoms with Crippen molar-refractivity contribution in [3.05, 3.63) is 12.2 Å². The average Bonchev–Trinajstić information content (AvgIpc) is 2.77. The van der Waals surface area contributed by atoms with E-state index in [-0.39, 0.29) is 38.6 Å². The lowest BCUT2D eigenvalue weighted by Crippen LogP contribution is -2.37. The Morgan fingerprint density at radius 2 is 1.75 bits per heavy atom. The fraction of sp³-hybridized carbons (Fsp3) is 0.600. The van der Waals surface area contributed by atoms with Gasteiger partial charge in [0.2, 0.25) is 5.91 Å². The molecule has 0 aromatic rings. The summed E-state index contributed by atoms with van der Waals surface area (Å²) in [6.45, 7) is 5.63. The van der Waals surface area contributed by atoms with Crippen LogP contribution in [0.1, 0.15) is 27.2 Å². The third-order valence-corrected chi connectivity index (χ3v) is 2.72. The Morgan fingerprint density at radius 3 is 2.33 bits per heavy atom. The molecule has 0 unspecified atom stereocenters. The molecule has 3 amide bonds. The third kappa shape index (κ3) is 7.84. The Bertz CT molecular complexity index is 506. The largest absolute Gasteiger partial charge is 0.458 e. The van der Waals surface area contributed by atoms with Gasteiger partial charge in [-0.05, 0) is 20.8 Å². The summed E-state index contributed by atoms with van der Waals surface area (Å²) in [6.07, 6.45) is 2.37. The summed E-state index contributed by atoms with van der Waals surface area (Å²) >= 11 is 0. The summed E-state index contributed by atoms with van der Waals surface area (Å²) < 4.78 is 5.04. The van der Waals surface area contributed by atoms with Gasteiger partial charge >= 0.3 is 5.97 Å². The first-order valence-corrected chi connectivity index (χ1v) is 7.56. The molecule has 0 aromatic carbocycles. The standard InChI is InChI=1S/C15H23N3O6/c1-15(2,3)24-14(22)10-23-17-8-7-16-11(19)6-9-18-12(20)4-5-13(18)21/h4-5,17H,6-10H2,1-3H3,(H,16,19). The smallest absolute Gasteiger partial charge is 0.334 e. The fourth-order valence-corrected chi connectivity index (χ4v) is 1.76. The lowest BCUT2D eigenvalue weighted by atomic mass is 10.2. The van der Waals surface area contributed by atoms with Crippen molar-refractivity contribution in [3.63, 3.8) is 0 Å². The number of hydrogen-bond acceptors (Lipinski definition) is 7. The number of nitrogens with one attached hydrogen (secondary N) is 2. The molecule has 1 aliphatic heterocycles. The molecule has 24 heavy (non-hydrogen) atoms. The van der Waals surface area contributed by atoms with Crippen LogP contribution in [-0.4, -0.2) is 60.4 Å². The van der Waals surface area contributed by atoms with Crippen molar-refractivity contribution in [1.29, 1.82) is 0 Å². The van der Waals surface area contributed by atoms with E-state index in [1.165, 1.54) is 12.2 Å². The summed E-state index contributed by atoms with van der Waals surface area (Å²) in [5.41, 5.74) is 1.96. The van der Waals surface area contributed by atoms with Gasteiger partial charge in [-0.15, -0.1) is 0 Å². The van der Waals surface area contributed by atoms with Crippen molar-refractivity contribution in [2.75, 3.05) is 26.2 Å². The number of carbonyl (C=O) groups is 4. The van der Waals surface area contributed by atoms with Crippen molar-refractivity contribution in [3.8, 4) is 0 Å². The summed E-state index contributed by atoms with van der Waals surface area (Å²) in [6, 6.07) is 0. The number of amides is 3. The van der Waals surface area contributed by atoms with Gasteiger partial charge in [-0.2, -0.15) is 0 Å². The lowest BCUT2D eigenvalue weighted by Gasteiger charge is -2.19. The monoisotopic (exact) mass is 341 g/mol. The molecule has 9 heteroatoms. The lowest BCUT2D eigenvalue weighted by molar-refractivity contribution is -0.163. The molecule has 0 bridgehead atoms. The van der Waals surface area contributed by atoms with Gasteiger partial charge in [-0.25, -0.2) is 10.3 Å². The third-order valence-electron chi connectivity index (χ3n) is 2.72. The predicted octanol–water partition coefficient (Wildman–Crippen LogP) is -0.719. The minimum Gasteiger partial charge on any atom is -0.458 e. The highest BCUT2D eigenvalue weighted by Crippen LogP contribution is 2.06. The van der Waals surface area contributed by atoms with E-state index in [0.29, 0.717) is 0 Å². The molecule has 1 heterocycles. The number of esters is 1. The van der Waals surface area contributed by atoms with E-state index in [9.17, 15) is 19.2 Å². The molecular formula is C15H23N3O6. The quantitative estimate of drug-likeness (QED) is 0.246. The summed E-state index contributed by atoms with van der Waals surface area (Å²) in [5, 5.41) is 2.60. The van der Waals surface area contributed by atoms with Crippen LogP contribution in [0.3, 0.4) is 0 Å². The second-order valence-corrected chi connectivity index (χ2v) is 6.03. The first-order chi connectivity index (χ1) is 11.2. The van der Waals surface area contributed by atoms with Crippen LogP contribution < -0.4 is 10.8 Å². The molecule has 0 fully saturated rings. The predicted molar refractivity (Wildman–Crippen MR) is 83.3 cm³/mol. The highest BCUT2D eigenvalue weighted by molar-refractivity contribution is 6.13. The van der Waals surface area contributed by atoms with Gasteiger partial charge in [-0.1, -0.05) is 0 Å². The second kappa shape index (κ2) is 9.14. The van der Waals surface area contributed by atoms with E-state index in [1.807, 2.05) is 0 Å². The molecule has 0 aromatic heterocycles. The van der Waals surface area contributed by atoms with E-state index in [0.717, 1.165) is 4.90 Å². The van der Waals surface area contributed by atoms with Gasteiger partial charge in [0, 0.05) is 38.2 Å². The molecule has 2 N–H and O–H groups in total. The van der Waals surface area contributed by atoms with Crippen molar-refractivity contribution >= 4 is 23.7 Å². The van der Waals surface area contributed by atoms with E-state index >= 15 is 0 Å². The summed E-state index contributed by atoms with van der Waals surface area (Å²) in [5.74, 6) is -1.61. The SMILES string of the molecule is CC(C)(C)OC(=O)CONCCNC(=O)CCN1C(=O)C=CC1=O. The molecule has 134 valence electrons. The maximum absolute atomic E-state index is 11.6. The Balaban J connectivity index is 2.03. The molecule has 1 rings (SSSR count). The molecule has 1 aliphatic rings. The van der Waals surface area contributed by atoms with Crippen LogP contribution in [0.15, 0.2) is 12.2 Å². The maximum Gasteiger partial charge on any atom is 0.334 e. The topological polar surface area (TPSA) is 114 Å². The highest BCUT2D eigenvalue weighted by atomic mass is 16.7. The van der Waals surface area contributed by atoms with Crippen LogP contribution in [0, 0.1) is 0 Å². The zero-order valence-electron chi connectivity index (χ0n) is 14.1. The summed E-state index contributed by atoms with van der Waals surface area (Å²) in [7, 11) is 0. The zero-order valence-corrected chi connectivity index (χ0v) is 14.1. The summed E-state index contributed by atoms with van der Waals surface area (Å²) in [4.78, 5) is 51.4. The van der Waals surface area contributed by atoms with Crippen LogP contribution >= 0.6 is 0 Å². The van der Waals surface area contributed by atoms with Crippen molar-refractivity contribution in [2.24, 2.45) is 0 Å². The van der Waals surface area contributed by atoms with E-state index in [4.69, 9.17) is 9.57 Å². The molecular weight excluding hydrogens is 318 g/mol. The van der Waals surface area contributed by atoms with Crippen LogP contribution in [0.2, 0.25) is 0 Å². The van der Waals surface area contributed by atoms with Gasteiger partial charge in [0.05, 0.1) is 0 Å². The van der Waals surface area contributed by atoms with Crippen LogP contribution in [0.5, 0.6) is 0 Å². The van der Waals surface area contributed by atoms with Gasteiger partial charge in [-0.3, -0.25) is 24.1 Å². The van der Waals surface area contributed by atoms with Crippen molar-refractivity contribution in [2.45, 2.75) is 32.8 Å². The molecule has 0 saturated carbocycles. The minimum atomic E-state index is -0.567. The zero-order chi connectivity index (χ0) is 18.2. The van der Waals surface area contributed by atoms with Gasteiger partial charge < -0.3 is 10.1 Å². The van der Waals surface area contributed by atoms with Crippen LogP contribution in [0.4, 0.5) is 0 Å². The molecule has 0 atom stereocenters. The number of nitrogens with zero attached hydrogens (tertiary/aromatic N) is 1. The number of carbonyl (C=O) groups excluding carboxylic acids is 4.